The van der Waals surface area contributed by atoms with Crippen LogP contribution in [-0.4, -0.2) is 42.8 Å². The zero-order valence-electron chi connectivity index (χ0n) is 11.8. The van der Waals surface area contributed by atoms with Crippen molar-refractivity contribution in [2.75, 3.05) is 13.7 Å². The van der Waals surface area contributed by atoms with Gasteiger partial charge in [0, 0.05) is 13.0 Å². The molecule has 0 bridgehead atoms. The maximum Gasteiger partial charge on any atom is 0.326 e. The normalized spacial score (nSPS) is 16.9. The largest absolute Gasteiger partial charge is 0.480 e. The SMILES string of the molecule is COC(=O)CC[C@@H](NC(=O)NCC(C)C1CC1)C(=O)O. The van der Waals surface area contributed by atoms with E-state index in [1.165, 1.54) is 20.0 Å². The van der Waals surface area contributed by atoms with E-state index in [1.54, 1.807) is 0 Å². The molecular weight excluding hydrogens is 264 g/mol. The van der Waals surface area contributed by atoms with Crippen LogP contribution in [0.2, 0.25) is 0 Å². The Hall–Kier alpha value is -1.79. The number of rotatable bonds is 8. The molecule has 1 saturated carbocycles. The number of hydrogen-bond acceptors (Lipinski definition) is 4. The molecule has 3 N–H and O–H groups in total. The summed E-state index contributed by atoms with van der Waals surface area (Å²) in [7, 11) is 1.23. The lowest BCUT2D eigenvalue weighted by molar-refractivity contribution is -0.142. The first-order chi connectivity index (χ1) is 9.43. The third-order valence-electron chi connectivity index (χ3n) is 3.48. The molecule has 0 aromatic carbocycles. The zero-order chi connectivity index (χ0) is 15.1. The molecule has 2 amide bonds. The summed E-state index contributed by atoms with van der Waals surface area (Å²) in [5.74, 6) is -0.593. The van der Waals surface area contributed by atoms with Gasteiger partial charge in [0.2, 0.25) is 0 Å². The highest BCUT2D eigenvalue weighted by atomic mass is 16.5. The molecule has 1 unspecified atom stereocenters. The number of amides is 2. The van der Waals surface area contributed by atoms with E-state index in [9.17, 15) is 14.4 Å². The molecule has 0 aromatic heterocycles. The molecule has 0 aromatic rings. The number of methoxy groups -OCH3 is 1. The Balaban J connectivity index is 2.30. The van der Waals surface area contributed by atoms with E-state index in [4.69, 9.17) is 5.11 Å². The molecule has 7 heteroatoms. The molecule has 0 aliphatic heterocycles. The lowest BCUT2D eigenvalue weighted by Crippen LogP contribution is -2.47. The Labute approximate surface area is 118 Å². The number of hydrogen-bond donors (Lipinski definition) is 3. The highest BCUT2D eigenvalue weighted by molar-refractivity contribution is 5.83. The highest BCUT2D eigenvalue weighted by Crippen LogP contribution is 2.35. The number of urea groups is 1. The van der Waals surface area contributed by atoms with Crippen molar-refractivity contribution in [1.82, 2.24) is 10.6 Å². The number of ether oxygens (including phenoxy) is 1. The van der Waals surface area contributed by atoms with Gasteiger partial charge in [0.15, 0.2) is 0 Å². The Kier molecular flexibility index (Phi) is 6.27. The summed E-state index contributed by atoms with van der Waals surface area (Å²) in [6.45, 7) is 2.59. The number of carboxylic acids is 1. The van der Waals surface area contributed by atoms with Crippen LogP contribution in [0, 0.1) is 11.8 Å². The predicted molar refractivity (Wildman–Crippen MR) is 71.1 cm³/mol. The number of aliphatic carboxylic acids is 1. The molecule has 0 radical (unpaired) electrons. The van der Waals surface area contributed by atoms with Crippen LogP contribution in [0.5, 0.6) is 0 Å². The summed E-state index contributed by atoms with van der Waals surface area (Å²) in [6, 6.07) is -1.61. The fourth-order valence-corrected chi connectivity index (χ4v) is 1.92. The average molecular weight is 286 g/mol. The number of carboxylic acid groups (broad SMARTS) is 1. The van der Waals surface area contributed by atoms with E-state index < -0.39 is 24.0 Å². The molecule has 1 rings (SSSR count). The number of carbonyl (C=O) groups excluding carboxylic acids is 2. The van der Waals surface area contributed by atoms with E-state index in [-0.39, 0.29) is 12.8 Å². The van der Waals surface area contributed by atoms with Gasteiger partial charge in [-0.1, -0.05) is 6.92 Å². The fourth-order valence-electron chi connectivity index (χ4n) is 1.92. The quantitative estimate of drug-likeness (QED) is 0.571. The third-order valence-corrected chi connectivity index (χ3v) is 3.48. The number of carbonyl (C=O) groups is 3. The van der Waals surface area contributed by atoms with Gasteiger partial charge in [-0.05, 0) is 31.1 Å². The van der Waals surface area contributed by atoms with Crippen molar-refractivity contribution in [3.63, 3.8) is 0 Å². The maximum absolute atomic E-state index is 11.6. The van der Waals surface area contributed by atoms with Crippen molar-refractivity contribution in [3.05, 3.63) is 0 Å². The standard InChI is InChI=1S/C13H22N2O5/c1-8(9-3-4-9)7-14-13(19)15-10(12(17)18)5-6-11(16)20-2/h8-10H,3-7H2,1-2H3,(H,17,18)(H2,14,15,19)/t8?,10-/m1/s1. The van der Waals surface area contributed by atoms with Gasteiger partial charge in [0.1, 0.15) is 6.04 Å². The molecular formula is C13H22N2O5. The van der Waals surface area contributed by atoms with Crippen LogP contribution in [0.15, 0.2) is 0 Å². The first kappa shape index (κ1) is 16.3. The van der Waals surface area contributed by atoms with E-state index in [2.05, 4.69) is 22.3 Å². The second kappa shape index (κ2) is 7.72. The highest BCUT2D eigenvalue weighted by Gasteiger charge is 2.28. The molecule has 0 spiro atoms. The molecule has 2 atom stereocenters. The summed E-state index contributed by atoms with van der Waals surface area (Å²) in [6.07, 6.45) is 2.35. The molecule has 1 fully saturated rings. The molecule has 0 saturated heterocycles. The Morgan fingerprint density at radius 2 is 2.00 bits per heavy atom. The molecule has 1 aliphatic carbocycles. The van der Waals surface area contributed by atoms with Gasteiger partial charge in [0.25, 0.3) is 0 Å². The van der Waals surface area contributed by atoms with Crippen LogP contribution in [-0.2, 0) is 14.3 Å². The first-order valence-corrected chi connectivity index (χ1v) is 6.78. The van der Waals surface area contributed by atoms with Crippen LogP contribution < -0.4 is 10.6 Å². The summed E-state index contributed by atoms with van der Waals surface area (Å²) >= 11 is 0. The molecule has 114 valence electrons. The average Bonchev–Trinajstić information content (AvgIpc) is 3.24. The smallest absolute Gasteiger partial charge is 0.326 e. The van der Waals surface area contributed by atoms with Crippen molar-refractivity contribution in [1.29, 1.82) is 0 Å². The van der Waals surface area contributed by atoms with Crippen molar-refractivity contribution in [3.8, 4) is 0 Å². The number of nitrogens with one attached hydrogen (secondary N) is 2. The summed E-state index contributed by atoms with van der Waals surface area (Å²) < 4.78 is 4.44. The Morgan fingerprint density at radius 1 is 1.35 bits per heavy atom. The summed E-state index contributed by atoms with van der Waals surface area (Å²) in [4.78, 5) is 33.6. The topological polar surface area (TPSA) is 105 Å². The minimum Gasteiger partial charge on any atom is -0.480 e. The van der Waals surface area contributed by atoms with Gasteiger partial charge in [-0.2, -0.15) is 0 Å². The van der Waals surface area contributed by atoms with E-state index in [0.29, 0.717) is 18.4 Å². The van der Waals surface area contributed by atoms with Crippen LogP contribution >= 0.6 is 0 Å². The van der Waals surface area contributed by atoms with Crippen LogP contribution in [0.25, 0.3) is 0 Å². The maximum atomic E-state index is 11.6. The van der Waals surface area contributed by atoms with Gasteiger partial charge in [-0.25, -0.2) is 9.59 Å². The van der Waals surface area contributed by atoms with Crippen LogP contribution in [0.1, 0.15) is 32.6 Å². The van der Waals surface area contributed by atoms with Gasteiger partial charge in [-0.3, -0.25) is 4.79 Å². The monoisotopic (exact) mass is 286 g/mol. The first-order valence-electron chi connectivity index (χ1n) is 6.78. The van der Waals surface area contributed by atoms with Gasteiger partial charge < -0.3 is 20.5 Å². The Morgan fingerprint density at radius 3 is 2.50 bits per heavy atom. The van der Waals surface area contributed by atoms with Crippen molar-refractivity contribution in [2.24, 2.45) is 11.8 Å². The molecule has 20 heavy (non-hydrogen) atoms. The lowest BCUT2D eigenvalue weighted by atomic mass is 10.1. The van der Waals surface area contributed by atoms with Gasteiger partial charge in [0.05, 0.1) is 7.11 Å². The molecule has 1 aliphatic rings. The van der Waals surface area contributed by atoms with Crippen molar-refractivity contribution in [2.45, 2.75) is 38.6 Å². The second-order valence-electron chi connectivity index (χ2n) is 5.17. The van der Waals surface area contributed by atoms with Crippen molar-refractivity contribution >= 4 is 18.0 Å². The lowest BCUT2D eigenvalue weighted by Gasteiger charge is -2.16. The fraction of sp³-hybridized carbons (Fsp3) is 0.769. The molecule has 0 heterocycles. The van der Waals surface area contributed by atoms with E-state index in [1.807, 2.05) is 0 Å². The van der Waals surface area contributed by atoms with Gasteiger partial charge in [-0.15, -0.1) is 0 Å². The van der Waals surface area contributed by atoms with E-state index in [0.717, 1.165) is 0 Å². The predicted octanol–water partition coefficient (Wildman–Crippen LogP) is 0.738. The Bertz CT molecular complexity index is 368. The minimum atomic E-state index is -1.17. The second-order valence-corrected chi connectivity index (χ2v) is 5.17. The number of esters is 1. The summed E-state index contributed by atoms with van der Waals surface area (Å²) in [5, 5.41) is 14.0. The zero-order valence-corrected chi connectivity index (χ0v) is 11.8. The van der Waals surface area contributed by atoms with Crippen LogP contribution in [0.3, 0.4) is 0 Å². The summed E-state index contributed by atoms with van der Waals surface area (Å²) in [5.41, 5.74) is 0. The van der Waals surface area contributed by atoms with Gasteiger partial charge >= 0.3 is 18.0 Å². The van der Waals surface area contributed by atoms with Crippen LogP contribution in [0.4, 0.5) is 4.79 Å². The third kappa shape index (κ3) is 5.90. The van der Waals surface area contributed by atoms with Crippen molar-refractivity contribution < 1.29 is 24.2 Å². The van der Waals surface area contributed by atoms with E-state index >= 15 is 0 Å². The molecule has 7 nitrogen and oxygen atoms in total. The minimum absolute atomic E-state index is 0.00754.